The normalized spacial score (nSPS) is 5.61. The first kappa shape index (κ1) is 218. The molecule has 0 heterocycles. The molecule has 0 aromatic heterocycles. The summed E-state index contributed by atoms with van der Waals surface area (Å²) in [7, 11) is 9.00. The zero-order chi connectivity index (χ0) is 72.3. The Labute approximate surface area is 525 Å². The first-order valence-corrected chi connectivity index (χ1v) is 25.9. The highest BCUT2D eigenvalue weighted by molar-refractivity contribution is 5.12. The molecule has 23 heteroatoms. The number of hydrogen-bond acceptors (Lipinski definition) is 23. The molecule has 0 unspecified atom stereocenters. The zero-order valence-electron chi connectivity index (χ0n) is 62.6. The van der Waals surface area contributed by atoms with Crippen molar-refractivity contribution < 1.29 is 59.3 Å². The van der Waals surface area contributed by atoms with E-state index in [1.54, 1.807) is 6.92 Å². The standard InChI is InChI=1S/6C5H12.C5H10.C4H10.C2H6O.C2H6.6CH5N.11CH2O.5H3N.H2/c7*1-4-5(2)3;1-4(2)3;1-2-3;18*1-2;;;;;;/h6*5H,4H2,1-3H3;2,4H2,1,3H3;4H,1-3H3;3H,2H2,1H3;1-2H3;6*2H2,1H3;11*1H2;5*1H3;1H. The third-order valence-corrected chi connectivity index (χ3v) is 5.50. The van der Waals surface area contributed by atoms with Crippen molar-refractivity contribution in [2.24, 2.45) is 75.8 Å². The molecule has 0 saturated carbocycles. The van der Waals surface area contributed by atoms with Crippen molar-refractivity contribution in [3.05, 3.63) is 12.2 Å². The molecule has 0 atom stereocenters. The van der Waals surface area contributed by atoms with E-state index in [1.807, 2.05) is 95.5 Å². The van der Waals surface area contributed by atoms with Crippen LogP contribution in [0.5, 0.6) is 0 Å². The Morgan fingerprint density at radius 2 is 0.313 bits per heavy atom. The Hall–Kier alpha value is -4.37. The third-order valence-electron chi connectivity index (χ3n) is 5.50. The molecular formula is C60H173N11O12. The first-order chi connectivity index (χ1) is 37.0. The molecular weight excluding hydrogens is 1070 g/mol. The van der Waals surface area contributed by atoms with Crippen molar-refractivity contribution >= 4 is 74.7 Å². The van der Waals surface area contributed by atoms with Crippen molar-refractivity contribution in [3.8, 4) is 0 Å². The largest absolute Gasteiger partial charge is 0.397 e. The summed E-state index contributed by atoms with van der Waals surface area (Å²) in [6, 6.07) is 0. The van der Waals surface area contributed by atoms with E-state index in [2.05, 4.69) is 193 Å². The number of allylic oxidation sites excluding steroid dienone is 1. The quantitative estimate of drug-likeness (QED) is 0.105. The van der Waals surface area contributed by atoms with E-state index in [-0.39, 0.29) is 38.8 Å². The fourth-order valence-electron chi connectivity index (χ4n) is 0. The van der Waals surface area contributed by atoms with Gasteiger partial charge in [-0.15, -0.1) is 6.58 Å². The average molecular weight is 1240 g/mol. The molecule has 0 aliphatic rings. The second-order valence-electron chi connectivity index (χ2n) is 14.2. The summed E-state index contributed by atoms with van der Waals surface area (Å²) in [5, 5.41) is 7.57. The first-order valence-electron chi connectivity index (χ1n) is 25.9. The highest BCUT2D eigenvalue weighted by Crippen LogP contribution is 1.96. The monoisotopic (exact) mass is 1240 g/mol. The van der Waals surface area contributed by atoms with Gasteiger partial charge in [0.05, 0.1) is 0 Å². The van der Waals surface area contributed by atoms with Gasteiger partial charge in [0, 0.05) is 8.03 Å². The number of nitrogens with two attached hydrogens (primary N) is 6. The van der Waals surface area contributed by atoms with E-state index in [9.17, 15) is 0 Å². The second kappa shape index (κ2) is 597. The van der Waals surface area contributed by atoms with Gasteiger partial charge in [-0.25, -0.2) is 0 Å². The van der Waals surface area contributed by atoms with Crippen LogP contribution in [0.3, 0.4) is 0 Å². The Bertz CT molecular complexity index is 489. The number of hydrogen-bond donors (Lipinski definition) is 12. The number of aliphatic hydroxyl groups is 1. The van der Waals surface area contributed by atoms with Crippen molar-refractivity contribution in [3.63, 3.8) is 0 Å². The molecule has 0 aromatic rings. The predicted molar refractivity (Wildman–Crippen MR) is 387 cm³/mol. The van der Waals surface area contributed by atoms with Crippen molar-refractivity contribution in [1.82, 2.24) is 30.8 Å². The molecule has 0 radical (unpaired) electrons. The summed E-state index contributed by atoms with van der Waals surface area (Å²) < 4.78 is 0. The predicted octanol–water partition coefficient (Wildman–Crippen LogP) is 13.4. The number of aliphatic hydroxyl groups excluding tert-OH is 1. The van der Waals surface area contributed by atoms with Gasteiger partial charge in [0.25, 0.3) is 0 Å². The van der Waals surface area contributed by atoms with Crippen LogP contribution in [0.1, 0.15) is 226 Å². The lowest BCUT2D eigenvalue weighted by atomic mass is 10.2. The lowest BCUT2D eigenvalue weighted by molar-refractivity contribution is -0.0987. The van der Waals surface area contributed by atoms with Crippen LogP contribution in [0.4, 0.5) is 0 Å². The average Bonchev–Trinajstić information content (AvgIpc) is 3.53. The lowest BCUT2D eigenvalue weighted by Crippen LogP contribution is -1.77. The molecule has 0 aromatic carbocycles. The van der Waals surface area contributed by atoms with Crippen LogP contribution in [0.15, 0.2) is 12.2 Å². The van der Waals surface area contributed by atoms with Gasteiger partial charge in [0.15, 0.2) is 0 Å². The van der Waals surface area contributed by atoms with Crippen LogP contribution in [0, 0.1) is 41.4 Å². The van der Waals surface area contributed by atoms with E-state index in [4.69, 9.17) is 57.8 Å². The Balaban J connectivity index is -0.0000000105. The van der Waals surface area contributed by atoms with Gasteiger partial charge in [-0.05, 0) is 104 Å². The maximum Gasteiger partial charge on any atom is 0.106 e. The van der Waals surface area contributed by atoms with Gasteiger partial charge in [0.2, 0.25) is 0 Å². The molecule has 0 bridgehead atoms. The van der Waals surface area contributed by atoms with E-state index in [0.717, 1.165) is 47.8 Å². The van der Waals surface area contributed by atoms with Crippen LogP contribution in [-0.4, -0.2) is 129 Å². The summed E-state index contributed by atoms with van der Waals surface area (Å²) in [4.78, 5) is 88.0. The molecule has 0 rings (SSSR count). The molecule has 0 fully saturated rings. The number of carbonyl (C=O) groups excluding carboxylic acids is 11. The van der Waals surface area contributed by atoms with Crippen LogP contribution in [0.2, 0.25) is 0 Å². The third kappa shape index (κ3) is 4790. The highest BCUT2D eigenvalue weighted by atomic mass is 16.2. The summed E-state index contributed by atoms with van der Waals surface area (Å²) in [5.41, 5.74) is 28.3. The van der Waals surface area contributed by atoms with Gasteiger partial charge in [-0.2, -0.15) is 0 Å². The molecule has 540 valence electrons. The highest BCUT2D eigenvalue weighted by Gasteiger charge is 1.82. The topological polar surface area (TPSA) is 539 Å². The van der Waals surface area contributed by atoms with Crippen molar-refractivity contribution in [2.45, 2.75) is 225 Å². The fraction of sp³-hybridized carbons (Fsp3) is 0.783. The lowest BCUT2D eigenvalue weighted by Gasteiger charge is -1.90. The van der Waals surface area contributed by atoms with Gasteiger partial charge in [-0.3, -0.25) is 0 Å². The summed E-state index contributed by atoms with van der Waals surface area (Å²) >= 11 is 0. The van der Waals surface area contributed by atoms with Crippen molar-refractivity contribution in [1.29, 1.82) is 0 Å². The smallest absolute Gasteiger partial charge is 0.106 e. The summed E-state index contributed by atoms with van der Waals surface area (Å²) in [5.74, 6) is 6.14. The molecule has 28 N–H and O–H groups in total. The maximum atomic E-state index is 8.00. The molecule has 0 amide bonds. The second-order valence-corrected chi connectivity index (χ2v) is 14.2. The molecule has 0 aliphatic heterocycles. The molecule has 23 nitrogen and oxygen atoms in total. The van der Waals surface area contributed by atoms with Crippen LogP contribution < -0.4 is 65.2 Å². The van der Waals surface area contributed by atoms with Crippen LogP contribution in [-0.2, 0) is 52.7 Å². The Morgan fingerprint density at radius 3 is 0.313 bits per heavy atom. The van der Waals surface area contributed by atoms with Crippen LogP contribution in [0.25, 0.3) is 0 Å². The Kier molecular flexibility index (Phi) is 1570. The van der Waals surface area contributed by atoms with E-state index >= 15 is 0 Å². The molecule has 83 heavy (non-hydrogen) atoms. The minimum atomic E-state index is 0. The zero-order valence-corrected chi connectivity index (χ0v) is 62.6. The number of carbonyl (C=O) groups is 11. The van der Waals surface area contributed by atoms with E-state index in [1.165, 1.54) is 86.4 Å². The molecule has 0 spiro atoms. The van der Waals surface area contributed by atoms with Gasteiger partial charge in [0.1, 0.15) is 74.7 Å². The van der Waals surface area contributed by atoms with E-state index < -0.39 is 0 Å². The van der Waals surface area contributed by atoms with Gasteiger partial charge < -0.3 is 123 Å². The van der Waals surface area contributed by atoms with Gasteiger partial charge in [-0.1, -0.05) is 210 Å². The number of rotatable bonds is 7. The molecule has 0 saturated heterocycles. The van der Waals surface area contributed by atoms with Crippen molar-refractivity contribution in [2.75, 3.05) is 48.9 Å². The minimum Gasteiger partial charge on any atom is -0.397 e. The molecule has 0 aliphatic carbocycles. The summed E-state index contributed by atoms with van der Waals surface area (Å²) in [6.45, 7) is 82.1. The Morgan fingerprint density at radius 1 is 0.289 bits per heavy atom. The van der Waals surface area contributed by atoms with Gasteiger partial charge >= 0.3 is 0 Å². The fourth-order valence-corrected chi connectivity index (χ4v) is 0. The van der Waals surface area contributed by atoms with Crippen LogP contribution >= 0.6 is 0 Å². The maximum absolute atomic E-state index is 8.00. The minimum absolute atomic E-state index is 0. The SMILES string of the molecule is C=C(C)CC.C=O.C=O.C=O.C=O.C=O.C=O.C=O.C=O.C=O.C=O.C=O.CC.CC(C)C.CCC(C)C.CCC(C)C.CCC(C)C.CCC(C)C.CCC(C)C.CCC(C)C.CCO.CN.CN.CN.CN.CN.CN.N.N.N.N.N.[HH]. The summed E-state index contributed by atoms with van der Waals surface area (Å²) in [6.07, 6.45) is 8.94. The van der Waals surface area contributed by atoms with E-state index in [0.29, 0.717) is 0 Å².